The molecule has 1 saturated carbocycles. The molecular weight excluding hydrogens is 318 g/mol. The normalized spacial score (nSPS) is 23.2. The molecule has 0 aromatic heterocycles. The summed E-state index contributed by atoms with van der Waals surface area (Å²) in [5, 5.41) is 0. The van der Waals surface area contributed by atoms with Crippen LogP contribution in [-0.4, -0.2) is 30.6 Å². The number of nitrogens with zero attached hydrogens (tertiary/aromatic N) is 2. The van der Waals surface area contributed by atoms with Crippen LogP contribution in [-0.2, 0) is 0 Å². The van der Waals surface area contributed by atoms with Crippen LogP contribution in [0.3, 0.4) is 0 Å². The standard InChI is InChI=1S/C15H20BrN3O/c1-20-14-7-6-10(8-12(14)16)13-9-18-15(17)19(13)11-4-2-3-5-11/h6-8,11,13H,2-5,9H2,1H3,(H2,17,18). The number of guanidine groups is 1. The highest BCUT2D eigenvalue weighted by Gasteiger charge is 2.34. The highest BCUT2D eigenvalue weighted by Crippen LogP contribution is 2.36. The molecule has 2 aliphatic rings. The fraction of sp³-hybridized carbons (Fsp3) is 0.533. The number of hydrogen-bond acceptors (Lipinski definition) is 4. The molecule has 0 radical (unpaired) electrons. The molecule has 20 heavy (non-hydrogen) atoms. The van der Waals surface area contributed by atoms with Crippen LogP contribution >= 0.6 is 15.9 Å². The van der Waals surface area contributed by atoms with Crippen molar-refractivity contribution in [3.8, 4) is 5.75 Å². The van der Waals surface area contributed by atoms with Gasteiger partial charge in [0.1, 0.15) is 5.75 Å². The van der Waals surface area contributed by atoms with Crippen LogP contribution in [0.1, 0.15) is 37.3 Å². The Morgan fingerprint density at radius 3 is 2.75 bits per heavy atom. The molecule has 108 valence electrons. The van der Waals surface area contributed by atoms with E-state index in [-0.39, 0.29) is 6.04 Å². The molecule has 0 bridgehead atoms. The van der Waals surface area contributed by atoms with Gasteiger partial charge in [0.05, 0.1) is 24.2 Å². The molecule has 5 heteroatoms. The summed E-state index contributed by atoms with van der Waals surface area (Å²) in [6.45, 7) is 0.751. The minimum absolute atomic E-state index is 0.264. The van der Waals surface area contributed by atoms with Gasteiger partial charge in [-0.15, -0.1) is 0 Å². The summed E-state index contributed by atoms with van der Waals surface area (Å²) >= 11 is 3.56. The van der Waals surface area contributed by atoms with E-state index in [0.717, 1.165) is 16.8 Å². The predicted molar refractivity (Wildman–Crippen MR) is 84.0 cm³/mol. The molecule has 1 fully saturated rings. The third kappa shape index (κ3) is 2.39. The molecule has 1 aromatic rings. The molecule has 1 unspecified atom stereocenters. The van der Waals surface area contributed by atoms with Gasteiger partial charge in [-0.2, -0.15) is 0 Å². The second-order valence-electron chi connectivity index (χ2n) is 5.45. The van der Waals surface area contributed by atoms with E-state index < -0.39 is 0 Å². The molecule has 1 aliphatic heterocycles. The van der Waals surface area contributed by atoms with Gasteiger partial charge in [0.15, 0.2) is 5.96 Å². The number of aliphatic imine (C=N–C) groups is 1. The first-order chi connectivity index (χ1) is 9.70. The van der Waals surface area contributed by atoms with Crippen molar-refractivity contribution in [2.75, 3.05) is 13.7 Å². The van der Waals surface area contributed by atoms with Gasteiger partial charge in [0, 0.05) is 6.04 Å². The Labute approximate surface area is 128 Å². The van der Waals surface area contributed by atoms with Crippen molar-refractivity contribution in [2.24, 2.45) is 10.7 Å². The van der Waals surface area contributed by atoms with Crippen LogP contribution in [0.4, 0.5) is 0 Å². The SMILES string of the molecule is COc1ccc(C2CN=C(N)N2C2CCCC2)cc1Br. The summed E-state index contributed by atoms with van der Waals surface area (Å²) in [6.07, 6.45) is 5.05. The van der Waals surface area contributed by atoms with E-state index in [1.54, 1.807) is 7.11 Å². The first kappa shape index (κ1) is 13.7. The van der Waals surface area contributed by atoms with Crippen molar-refractivity contribution >= 4 is 21.9 Å². The van der Waals surface area contributed by atoms with E-state index in [1.165, 1.54) is 31.2 Å². The van der Waals surface area contributed by atoms with Gasteiger partial charge in [-0.05, 0) is 46.5 Å². The first-order valence-electron chi connectivity index (χ1n) is 7.12. The quantitative estimate of drug-likeness (QED) is 0.922. The van der Waals surface area contributed by atoms with E-state index >= 15 is 0 Å². The maximum absolute atomic E-state index is 6.12. The smallest absolute Gasteiger partial charge is 0.192 e. The Morgan fingerprint density at radius 1 is 1.35 bits per heavy atom. The van der Waals surface area contributed by atoms with Crippen molar-refractivity contribution in [2.45, 2.75) is 37.8 Å². The molecule has 4 nitrogen and oxygen atoms in total. The highest BCUT2D eigenvalue weighted by atomic mass is 79.9. The average molecular weight is 338 g/mol. The van der Waals surface area contributed by atoms with Crippen LogP contribution in [0.25, 0.3) is 0 Å². The minimum atomic E-state index is 0.264. The zero-order valence-electron chi connectivity index (χ0n) is 11.7. The molecule has 1 atom stereocenters. The Hall–Kier alpha value is -1.23. The Morgan fingerprint density at radius 2 is 2.10 bits per heavy atom. The molecule has 2 N–H and O–H groups in total. The summed E-state index contributed by atoms with van der Waals surface area (Å²) < 4.78 is 6.28. The van der Waals surface area contributed by atoms with Crippen molar-refractivity contribution in [1.29, 1.82) is 0 Å². The second kappa shape index (κ2) is 5.64. The number of rotatable bonds is 3. The van der Waals surface area contributed by atoms with Gasteiger partial charge < -0.3 is 15.4 Å². The monoisotopic (exact) mass is 337 g/mol. The Balaban J connectivity index is 1.87. The number of ether oxygens (including phenoxy) is 1. The van der Waals surface area contributed by atoms with Gasteiger partial charge in [0.25, 0.3) is 0 Å². The number of hydrogen-bond donors (Lipinski definition) is 1. The van der Waals surface area contributed by atoms with Crippen molar-refractivity contribution < 1.29 is 4.74 Å². The number of benzene rings is 1. The summed E-state index contributed by atoms with van der Waals surface area (Å²) in [4.78, 5) is 6.79. The van der Waals surface area contributed by atoms with Crippen molar-refractivity contribution in [3.05, 3.63) is 28.2 Å². The van der Waals surface area contributed by atoms with Crippen molar-refractivity contribution in [1.82, 2.24) is 4.90 Å². The van der Waals surface area contributed by atoms with Crippen LogP contribution < -0.4 is 10.5 Å². The summed E-state index contributed by atoms with van der Waals surface area (Å²) in [7, 11) is 1.68. The third-order valence-corrected chi connectivity index (χ3v) is 4.92. The van der Waals surface area contributed by atoms with E-state index in [0.29, 0.717) is 12.0 Å². The first-order valence-corrected chi connectivity index (χ1v) is 7.91. The van der Waals surface area contributed by atoms with Gasteiger partial charge in [-0.1, -0.05) is 18.9 Å². The molecule has 1 aliphatic carbocycles. The molecule has 0 amide bonds. The summed E-state index contributed by atoms with van der Waals surface area (Å²) in [5.41, 5.74) is 7.36. The fourth-order valence-corrected chi connectivity index (χ4v) is 3.85. The number of halogens is 1. The number of nitrogens with two attached hydrogens (primary N) is 1. The lowest BCUT2D eigenvalue weighted by molar-refractivity contribution is 0.262. The second-order valence-corrected chi connectivity index (χ2v) is 6.31. The maximum atomic E-state index is 6.12. The van der Waals surface area contributed by atoms with Crippen LogP contribution in [0.15, 0.2) is 27.7 Å². The maximum Gasteiger partial charge on any atom is 0.192 e. The third-order valence-electron chi connectivity index (χ3n) is 4.31. The van der Waals surface area contributed by atoms with E-state index in [2.05, 4.69) is 38.0 Å². The molecule has 1 aromatic carbocycles. The van der Waals surface area contributed by atoms with Crippen LogP contribution in [0, 0.1) is 0 Å². The topological polar surface area (TPSA) is 50.9 Å². The van der Waals surface area contributed by atoms with Crippen LogP contribution in [0.2, 0.25) is 0 Å². The largest absolute Gasteiger partial charge is 0.496 e. The zero-order chi connectivity index (χ0) is 14.1. The van der Waals surface area contributed by atoms with Gasteiger partial charge >= 0.3 is 0 Å². The van der Waals surface area contributed by atoms with E-state index in [9.17, 15) is 0 Å². The lowest BCUT2D eigenvalue weighted by Crippen LogP contribution is -2.42. The zero-order valence-corrected chi connectivity index (χ0v) is 13.3. The molecule has 1 heterocycles. The fourth-order valence-electron chi connectivity index (χ4n) is 3.29. The molecule has 0 saturated heterocycles. The predicted octanol–water partition coefficient (Wildman–Crippen LogP) is 3.07. The molecule has 0 spiro atoms. The van der Waals surface area contributed by atoms with E-state index in [4.69, 9.17) is 10.5 Å². The van der Waals surface area contributed by atoms with Gasteiger partial charge in [-0.3, -0.25) is 4.99 Å². The lowest BCUT2D eigenvalue weighted by Gasteiger charge is -2.32. The van der Waals surface area contributed by atoms with Crippen molar-refractivity contribution in [3.63, 3.8) is 0 Å². The highest BCUT2D eigenvalue weighted by molar-refractivity contribution is 9.10. The lowest BCUT2D eigenvalue weighted by atomic mass is 10.0. The Kier molecular flexibility index (Phi) is 3.87. The minimum Gasteiger partial charge on any atom is -0.496 e. The summed E-state index contributed by atoms with van der Waals surface area (Å²) in [6, 6.07) is 7.05. The average Bonchev–Trinajstić information content (AvgIpc) is 3.07. The van der Waals surface area contributed by atoms with E-state index in [1.807, 2.05) is 6.07 Å². The van der Waals surface area contributed by atoms with Gasteiger partial charge in [0.2, 0.25) is 0 Å². The summed E-state index contributed by atoms with van der Waals surface area (Å²) in [5.74, 6) is 1.56. The molecular formula is C15H20BrN3O. The number of methoxy groups -OCH3 is 1. The Bertz CT molecular complexity index is 526. The molecule has 3 rings (SSSR count). The van der Waals surface area contributed by atoms with Gasteiger partial charge in [-0.25, -0.2) is 0 Å². The van der Waals surface area contributed by atoms with Crippen LogP contribution in [0.5, 0.6) is 5.75 Å².